The standard InChI is InChI=1S/C17H17NO6/c1-8(2)3-6-13(24-17(18)23)9-7-12(21)14-10(19)4-5-11(20)15(14)16(9)22/h3-7,19-22H,1-2H3,(H2,18,23). The van der Waals surface area contributed by atoms with Gasteiger partial charge in [0.05, 0.1) is 16.3 Å². The van der Waals surface area contributed by atoms with Crippen molar-refractivity contribution in [1.29, 1.82) is 0 Å². The van der Waals surface area contributed by atoms with Gasteiger partial charge >= 0.3 is 6.09 Å². The minimum Gasteiger partial charge on any atom is -0.507 e. The molecule has 0 radical (unpaired) electrons. The molecule has 0 heterocycles. The smallest absolute Gasteiger partial charge is 0.409 e. The summed E-state index contributed by atoms with van der Waals surface area (Å²) < 4.78 is 4.88. The van der Waals surface area contributed by atoms with Gasteiger partial charge in [-0.3, -0.25) is 0 Å². The van der Waals surface area contributed by atoms with Crippen LogP contribution in [0, 0.1) is 0 Å². The predicted octanol–water partition coefficient (Wildman–Crippen LogP) is 3.06. The molecule has 0 aliphatic rings. The van der Waals surface area contributed by atoms with Crippen molar-refractivity contribution in [3.05, 3.63) is 41.5 Å². The Kier molecular flexibility index (Phi) is 4.54. The zero-order valence-corrected chi connectivity index (χ0v) is 13.1. The lowest BCUT2D eigenvalue weighted by Crippen LogP contribution is -2.12. The third-order valence-corrected chi connectivity index (χ3v) is 3.23. The van der Waals surface area contributed by atoms with Gasteiger partial charge in [0.2, 0.25) is 0 Å². The molecule has 2 aromatic rings. The summed E-state index contributed by atoms with van der Waals surface area (Å²) in [5, 5.41) is 40.1. The van der Waals surface area contributed by atoms with Crippen LogP contribution in [0.2, 0.25) is 0 Å². The van der Waals surface area contributed by atoms with Crippen LogP contribution in [-0.4, -0.2) is 26.5 Å². The van der Waals surface area contributed by atoms with E-state index >= 15 is 0 Å². The molecule has 2 rings (SSSR count). The lowest BCUT2D eigenvalue weighted by molar-refractivity contribution is 0.202. The Bertz CT molecular complexity index is 879. The van der Waals surface area contributed by atoms with Gasteiger partial charge in [-0.2, -0.15) is 0 Å². The van der Waals surface area contributed by atoms with Gasteiger partial charge in [0.15, 0.2) is 0 Å². The van der Waals surface area contributed by atoms with E-state index in [4.69, 9.17) is 10.5 Å². The Morgan fingerprint density at radius 1 is 1.00 bits per heavy atom. The first-order chi connectivity index (χ1) is 11.2. The minimum absolute atomic E-state index is 0.0720. The lowest BCUT2D eigenvalue weighted by atomic mass is 10.0. The van der Waals surface area contributed by atoms with Gasteiger partial charge in [0.1, 0.15) is 28.8 Å². The third kappa shape index (κ3) is 3.19. The molecule has 0 spiro atoms. The quantitative estimate of drug-likeness (QED) is 0.333. The second-order valence-electron chi connectivity index (χ2n) is 5.34. The number of aromatic hydroxyl groups is 4. The average Bonchev–Trinajstić information content (AvgIpc) is 2.49. The number of hydrogen-bond donors (Lipinski definition) is 5. The largest absolute Gasteiger partial charge is 0.507 e. The first kappa shape index (κ1) is 17.0. The summed E-state index contributed by atoms with van der Waals surface area (Å²) in [5.74, 6) is -1.71. The van der Waals surface area contributed by atoms with Crippen LogP contribution in [0.3, 0.4) is 0 Å². The first-order valence-corrected chi connectivity index (χ1v) is 6.94. The maximum atomic E-state index is 11.1. The maximum absolute atomic E-state index is 11.1. The number of benzene rings is 2. The number of allylic oxidation sites excluding steroid dienone is 3. The molecule has 0 aliphatic heterocycles. The van der Waals surface area contributed by atoms with E-state index in [1.807, 2.05) is 0 Å². The molecule has 126 valence electrons. The number of carbonyl (C=O) groups is 1. The number of carbonyl (C=O) groups excluding carboxylic acids is 1. The monoisotopic (exact) mass is 331 g/mol. The Labute approximate surface area is 137 Å². The van der Waals surface area contributed by atoms with Crippen LogP contribution in [0.5, 0.6) is 23.0 Å². The van der Waals surface area contributed by atoms with Crippen molar-refractivity contribution in [2.45, 2.75) is 13.8 Å². The predicted molar refractivity (Wildman–Crippen MR) is 88.7 cm³/mol. The molecule has 7 heteroatoms. The second kappa shape index (κ2) is 6.41. The number of amides is 1. The third-order valence-electron chi connectivity index (χ3n) is 3.23. The van der Waals surface area contributed by atoms with E-state index < -0.39 is 17.6 Å². The Morgan fingerprint density at radius 3 is 2.12 bits per heavy atom. The molecule has 0 fully saturated rings. The molecular formula is C17H17NO6. The molecule has 0 atom stereocenters. The minimum atomic E-state index is -1.11. The van der Waals surface area contributed by atoms with Crippen LogP contribution in [0.4, 0.5) is 4.79 Å². The van der Waals surface area contributed by atoms with E-state index in [2.05, 4.69) is 0 Å². The van der Waals surface area contributed by atoms with Crippen molar-refractivity contribution >= 4 is 22.6 Å². The molecule has 7 nitrogen and oxygen atoms in total. The van der Waals surface area contributed by atoms with Crippen LogP contribution >= 0.6 is 0 Å². The van der Waals surface area contributed by atoms with Crippen LogP contribution in [0.1, 0.15) is 19.4 Å². The van der Waals surface area contributed by atoms with Crippen molar-refractivity contribution < 1.29 is 30.0 Å². The van der Waals surface area contributed by atoms with Crippen molar-refractivity contribution in [1.82, 2.24) is 0 Å². The van der Waals surface area contributed by atoms with Gasteiger partial charge in [-0.15, -0.1) is 0 Å². The Hall–Kier alpha value is -3.35. The van der Waals surface area contributed by atoms with Crippen molar-refractivity contribution in [3.63, 3.8) is 0 Å². The molecule has 0 unspecified atom stereocenters. The Morgan fingerprint density at radius 2 is 1.58 bits per heavy atom. The zero-order valence-electron chi connectivity index (χ0n) is 13.1. The summed E-state index contributed by atoms with van der Waals surface area (Å²) in [7, 11) is 0. The summed E-state index contributed by atoms with van der Waals surface area (Å²) in [6.07, 6.45) is 1.89. The van der Waals surface area contributed by atoms with Crippen LogP contribution in [-0.2, 0) is 4.74 Å². The summed E-state index contributed by atoms with van der Waals surface area (Å²) in [4.78, 5) is 11.1. The highest BCUT2D eigenvalue weighted by Gasteiger charge is 2.21. The number of primary amides is 1. The zero-order chi connectivity index (χ0) is 18.0. The second-order valence-corrected chi connectivity index (χ2v) is 5.34. The normalized spacial score (nSPS) is 11.3. The Balaban J connectivity index is 2.82. The van der Waals surface area contributed by atoms with Gasteiger partial charge in [-0.1, -0.05) is 11.6 Å². The summed E-state index contributed by atoms with van der Waals surface area (Å²) >= 11 is 0. The van der Waals surface area contributed by atoms with Crippen molar-refractivity contribution in [2.75, 3.05) is 0 Å². The van der Waals surface area contributed by atoms with Crippen molar-refractivity contribution in [3.8, 4) is 23.0 Å². The summed E-state index contributed by atoms with van der Waals surface area (Å²) in [5.41, 5.74) is 5.84. The number of nitrogens with two attached hydrogens (primary N) is 1. The SMILES string of the molecule is CC(C)=CC=C(OC(N)=O)c1cc(O)c2c(O)ccc(O)c2c1O. The number of hydrogen-bond acceptors (Lipinski definition) is 6. The molecule has 24 heavy (non-hydrogen) atoms. The number of fused-ring (bicyclic) bond motifs is 1. The van der Waals surface area contributed by atoms with Gasteiger partial charge in [-0.25, -0.2) is 4.79 Å². The van der Waals surface area contributed by atoms with E-state index in [9.17, 15) is 25.2 Å². The summed E-state index contributed by atoms with van der Waals surface area (Å²) in [6, 6.07) is 3.44. The van der Waals surface area contributed by atoms with Crippen molar-refractivity contribution in [2.24, 2.45) is 5.73 Å². The topological polar surface area (TPSA) is 133 Å². The molecule has 2 aromatic carbocycles. The van der Waals surface area contributed by atoms with E-state index in [0.29, 0.717) is 0 Å². The number of ether oxygens (including phenoxy) is 1. The molecule has 0 aromatic heterocycles. The number of phenols is 4. The lowest BCUT2D eigenvalue weighted by Gasteiger charge is -2.14. The highest BCUT2D eigenvalue weighted by Crippen LogP contribution is 2.46. The fourth-order valence-corrected chi connectivity index (χ4v) is 2.21. The van der Waals surface area contributed by atoms with E-state index in [1.165, 1.54) is 12.1 Å². The summed E-state index contributed by atoms with van der Waals surface area (Å²) in [6.45, 7) is 3.61. The highest BCUT2D eigenvalue weighted by molar-refractivity contribution is 6.04. The molecule has 0 saturated carbocycles. The number of phenolic OH excluding ortho intramolecular Hbond substituents is 4. The molecule has 0 aliphatic carbocycles. The fraction of sp³-hybridized carbons (Fsp3) is 0.118. The maximum Gasteiger partial charge on any atom is 0.409 e. The van der Waals surface area contributed by atoms with Gasteiger partial charge in [0, 0.05) is 0 Å². The van der Waals surface area contributed by atoms with Gasteiger partial charge < -0.3 is 30.9 Å². The molecule has 0 bridgehead atoms. The molecular weight excluding hydrogens is 314 g/mol. The molecule has 6 N–H and O–H groups in total. The van der Waals surface area contributed by atoms with Crippen LogP contribution < -0.4 is 5.73 Å². The number of rotatable bonds is 3. The van der Waals surface area contributed by atoms with E-state index in [0.717, 1.165) is 17.7 Å². The highest BCUT2D eigenvalue weighted by atomic mass is 16.5. The van der Waals surface area contributed by atoms with Gasteiger partial charge in [0.25, 0.3) is 0 Å². The van der Waals surface area contributed by atoms with E-state index in [1.54, 1.807) is 19.9 Å². The molecule has 0 saturated heterocycles. The van der Waals surface area contributed by atoms with Crippen LogP contribution in [0.25, 0.3) is 16.5 Å². The first-order valence-electron chi connectivity index (χ1n) is 6.94. The fourth-order valence-electron chi connectivity index (χ4n) is 2.21. The van der Waals surface area contributed by atoms with Gasteiger partial charge in [-0.05, 0) is 38.1 Å². The van der Waals surface area contributed by atoms with E-state index in [-0.39, 0.29) is 33.6 Å². The molecule has 1 amide bonds. The van der Waals surface area contributed by atoms with Crippen LogP contribution in [0.15, 0.2) is 35.9 Å². The average molecular weight is 331 g/mol.